The summed E-state index contributed by atoms with van der Waals surface area (Å²) in [6.07, 6.45) is 1.56. The van der Waals surface area contributed by atoms with Gasteiger partial charge in [0, 0.05) is 37.2 Å². The van der Waals surface area contributed by atoms with Crippen LogP contribution in [0.3, 0.4) is 0 Å². The van der Waals surface area contributed by atoms with Gasteiger partial charge in [-0.1, -0.05) is 131 Å². The van der Waals surface area contributed by atoms with Crippen molar-refractivity contribution < 1.29 is 20.1 Å². The van der Waals surface area contributed by atoms with E-state index in [0.717, 1.165) is 52.4 Å². The van der Waals surface area contributed by atoms with Crippen molar-refractivity contribution in [3.05, 3.63) is 168 Å². The smallest absolute Gasteiger partial charge is 0.258 e. The lowest BCUT2D eigenvalue weighted by Gasteiger charge is -2.09. The molecular formula is C43H46N6O7S3. The van der Waals surface area contributed by atoms with E-state index in [2.05, 4.69) is 45.8 Å². The van der Waals surface area contributed by atoms with Gasteiger partial charge in [0.2, 0.25) is 17.6 Å². The fourth-order valence-electron chi connectivity index (χ4n) is 5.01. The molecule has 6 aromatic rings. The van der Waals surface area contributed by atoms with Crippen LogP contribution in [0.1, 0.15) is 45.1 Å². The number of Topliss-reactive ketones (excluding diaryl/α,β-unsaturated/α-hetero) is 1. The quantitative estimate of drug-likeness (QED) is 0.0465. The number of hydrogen-bond acceptors (Lipinski definition) is 13. The number of aromatic hydroxyl groups is 3. The van der Waals surface area contributed by atoms with Gasteiger partial charge >= 0.3 is 0 Å². The molecule has 3 heterocycles. The van der Waals surface area contributed by atoms with Crippen LogP contribution >= 0.6 is 35.3 Å². The summed E-state index contributed by atoms with van der Waals surface area (Å²) in [6, 6.07) is 27.0. The SMILES string of the molecule is C=CCn1c(SCC(=O)c2ccc(C)cc2)nc(O)cc1=O.CCn1c(SCc2ccc(C)cc2)nc(O)cc1=O.Cc1ccc(CSc2nc(O)cc(=O)n2C)cc1. The second-order valence-electron chi connectivity index (χ2n) is 13.0. The number of carbonyl (C=O) groups excluding carboxylic acids is 1. The second kappa shape index (κ2) is 22.3. The summed E-state index contributed by atoms with van der Waals surface area (Å²) in [7, 11) is 1.65. The Kier molecular flexibility index (Phi) is 17.4. The summed E-state index contributed by atoms with van der Waals surface area (Å²) in [5.74, 6) is 0.699. The van der Waals surface area contributed by atoms with Crippen molar-refractivity contribution in [1.29, 1.82) is 0 Å². The standard InChI is InChI=1S/C16H16N2O3S.C14H16N2O2S.C13H14N2O2S/c1-3-8-18-15(21)9-14(20)17-16(18)22-10-13(19)12-6-4-11(2)5-7-12;1-3-16-13(18)8-12(17)15-14(16)19-9-11-6-4-10(2)5-7-11;1-9-3-5-10(6-4-9)8-18-13-14-11(16)7-12(17)15(13)2/h3-7,9,20H,1,8,10H2,2H3;4-8,17H,3,9H2,1-2H3;3-7,16H,8H2,1-2H3. The van der Waals surface area contributed by atoms with Gasteiger partial charge in [0.05, 0.1) is 24.0 Å². The molecule has 0 spiro atoms. The van der Waals surface area contributed by atoms with Gasteiger partial charge in [-0.3, -0.25) is 32.9 Å². The Morgan fingerprint density at radius 1 is 0.627 bits per heavy atom. The molecule has 0 aliphatic carbocycles. The van der Waals surface area contributed by atoms with Crippen LogP contribution in [0.15, 0.2) is 134 Å². The first kappa shape index (κ1) is 45.9. The van der Waals surface area contributed by atoms with E-state index in [1.807, 2.05) is 64.1 Å². The molecule has 6 rings (SSSR count). The first-order valence-corrected chi connectivity index (χ1v) is 21.2. The van der Waals surface area contributed by atoms with Crippen molar-refractivity contribution in [3.63, 3.8) is 0 Å². The zero-order valence-electron chi connectivity index (χ0n) is 33.4. The first-order valence-electron chi connectivity index (χ1n) is 18.3. The molecule has 3 N–H and O–H groups in total. The number of aryl methyl sites for hydroxylation is 3. The van der Waals surface area contributed by atoms with Gasteiger partial charge in [-0.2, -0.15) is 15.0 Å². The molecule has 13 nitrogen and oxygen atoms in total. The van der Waals surface area contributed by atoms with E-state index in [-0.39, 0.29) is 52.4 Å². The van der Waals surface area contributed by atoms with Crippen molar-refractivity contribution in [2.24, 2.45) is 7.05 Å². The topological polar surface area (TPSA) is 182 Å². The zero-order chi connectivity index (χ0) is 43.1. The van der Waals surface area contributed by atoms with Crippen molar-refractivity contribution >= 4 is 41.1 Å². The van der Waals surface area contributed by atoms with Gasteiger partial charge in [-0.05, 0) is 38.8 Å². The number of benzene rings is 3. The Morgan fingerprint density at radius 3 is 1.51 bits per heavy atom. The Balaban J connectivity index is 0.000000197. The summed E-state index contributed by atoms with van der Waals surface area (Å²) in [5, 5.41) is 29.5. The average molecular weight is 855 g/mol. The maximum Gasteiger partial charge on any atom is 0.258 e. The van der Waals surface area contributed by atoms with Gasteiger partial charge in [0.25, 0.3) is 16.7 Å². The van der Waals surface area contributed by atoms with Gasteiger partial charge in [-0.15, -0.1) is 6.58 Å². The number of nitrogens with zero attached hydrogens (tertiary/aromatic N) is 6. The molecule has 3 aromatic carbocycles. The first-order chi connectivity index (χ1) is 28.2. The molecule has 3 aromatic heterocycles. The number of thioether (sulfide) groups is 3. The number of allylic oxidation sites excluding steroid dienone is 1. The van der Waals surface area contributed by atoms with E-state index in [1.165, 1.54) is 43.8 Å². The maximum atomic E-state index is 12.1. The lowest BCUT2D eigenvalue weighted by molar-refractivity contribution is 0.102. The fraction of sp³-hybridized carbons (Fsp3) is 0.233. The normalized spacial score (nSPS) is 10.5. The van der Waals surface area contributed by atoms with E-state index in [1.54, 1.807) is 29.8 Å². The molecule has 0 saturated carbocycles. The molecule has 0 fully saturated rings. The van der Waals surface area contributed by atoms with Crippen LogP contribution in [0.25, 0.3) is 0 Å². The highest BCUT2D eigenvalue weighted by molar-refractivity contribution is 7.99. The minimum Gasteiger partial charge on any atom is -0.493 e. The Bertz CT molecular complexity index is 2540. The highest BCUT2D eigenvalue weighted by Gasteiger charge is 2.13. The van der Waals surface area contributed by atoms with Crippen LogP contribution in [0.4, 0.5) is 0 Å². The maximum absolute atomic E-state index is 12.1. The molecule has 0 radical (unpaired) electrons. The third-order valence-electron chi connectivity index (χ3n) is 8.31. The largest absolute Gasteiger partial charge is 0.493 e. The molecular weight excluding hydrogens is 809 g/mol. The van der Waals surface area contributed by atoms with Gasteiger partial charge < -0.3 is 15.3 Å². The van der Waals surface area contributed by atoms with Crippen molar-refractivity contribution in [2.45, 2.75) is 67.8 Å². The van der Waals surface area contributed by atoms with E-state index in [9.17, 15) is 34.5 Å². The van der Waals surface area contributed by atoms with Gasteiger partial charge in [-0.25, -0.2) is 0 Å². The highest BCUT2D eigenvalue weighted by atomic mass is 32.2. The second-order valence-corrected chi connectivity index (χ2v) is 15.9. The van der Waals surface area contributed by atoms with Crippen LogP contribution in [-0.4, -0.2) is 55.5 Å². The summed E-state index contributed by atoms with van der Waals surface area (Å²) in [5.41, 5.74) is 5.59. The van der Waals surface area contributed by atoms with Crippen molar-refractivity contribution in [1.82, 2.24) is 28.7 Å². The van der Waals surface area contributed by atoms with Crippen LogP contribution < -0.4 is 16.7 Å². The molecule has 0 aliphatic heterocycles. The van der Waals surface area contributed by atoms with Crippen LogP contribution in [-0.2, 0) is 31.6 Å². The predicted octanol–water partition coefficient (Wildman–Crippen LogP) is 7.07. The molecule has 59 heavy (non-hydrogen) atoms. The minimum atomic E-state index is -0.377. The third-order valence-corrected chi connectivity index (χ3v) is 11.4. The van der Waals surface area contributed by atoms with Crippen molar-refractivity contribution in [3.8, 4) is 17.6 Å². The molecule has 0 aliphatic rings. The zero-order valence-corrected chi connectivity index (χ0v) is 35.8. The molecule has 0 saturated heterocycles. The summed E-state index contributed by atoms with van der Waals surface area (Å²) < 4.78 is 4.34. The number of aromatic nitrogens is 6. The lowest BCUT2D eigenvalue weighted by Crippen LogP contribution is -2.21. The molecule has 16 heteroatoms. The molecule has 308 valence electrons. The van der Waals surface area contributed by atoms with Crippen molar-refractivity contribution in [2.75, 3.05) is 5.75 Å². The highest BCUT2D eigenvalue weighted by Crippen LogP contribution is 2.23. The number of carbonyl (C=O) groups is 1. The summed E-state index contributed by atoms with van der Waals surface area (Å²) >= 11 is 3.99. The number of ketones is 1. The molecule has 0 unspecified atom stereocenters. The Labute approximate surface area is 354 Å². The predicted molar refractivity (Wildman–Crippen MR) is 235 cm³/mol. The van der Waals surface area contributed by atoms with Gasteiger partial charge in [0.1, 0.15) is 0 Å². The van der Waals surface area contributed by atoms with Crippen LogP contribution in [0, 0.1) is 20.8 Å². The average Bonchev–Trinajstić information content (AvgIpc) is 3.20. The molecule has 0 bridgehead atoms. The Hall–Kier alpha value is -5.84. The van der Waals surface area contributed by atoms with E-state index < -0.39 is 0 Å². The van der Waals surface area contributed by atoms with Crippen LogP contribution in [0.5, 0.6) is 17.6 Å². The van der Waals surface area contributed by atoms with E-state index in [0.29, 0.717) is 33.3 Å². The summed E-state index contributed by atoms with van der Waals surface area (Å²) in [4.78, 5) is 59.0. The third kappa shape index (κ3) is 14.2. The lowest BCUT2D eigenvalue weighted by atomic mass is 10.1. The van der Waals surface area contributed by atoms with E-state index >= 15 is 0 Å². The minimum absolute atomic E-state index is 0.0623. The van der Waals surface area contributed by atoms with E-state index in [4.69, 9.17) is 0 Å². The number of rotatable bonds is 13. The van der Waals surface area contributed by atoms with Crippen LogP contribution in [0.2, 0.25) is 0 Å². The molecule has 0 amide bonds. The number of hydrogen-bond donors (Lipinski definition) is 3. The Morgan fingerprint density at radius 2 is 1.03 bits per heavy atom. The fourth-order valence-corrected chi connectivity index (χ4v) is 7.86. The molecule has 0 atom stereocenters. The summed E-state index contributed by atoms with van der Waals surface area (Å²) in [6.45, 7) is 12.3. The monoisotopic (exact) mass is 854 g/mol. The van der Waals surface area contributed by atoms with Gasteiger partial charge in [0.15, 0.2) is 21.3 Å².